The molecule has 0 saturated carbocycles. The lowest BCUT2D eigenvalue weighted by atomic mass is 10.1. The van der Waals surface area contributed by atoms with Crippen molar-refractivity contribution in [2.75, 3.05) is 30.8 Å². The highest BCUT2D eigenvalue weighted by Crippen LogP contribution is 2.36. The molecule has 0 spiro atoms. The summed E-state index contributed by atoms with van der Waals surface area (Å²) in [7, 11) is 1.96. The molecule has 2 N–H and O–H groups in total. The van der Waals surface area contributed by atoms with Gasteiger partial charge in [-0.15, -0.1) is 0 Å². The van der Waals surface area contributed by atoms with Gasteiger partial charge in [0.15, 0.2) is 11.6 Å². The van der Waals surface area contributed by atoms with E-state index in [-0.39, 0.29) is 29.0 Å². The summed E-state index contributed by atoms with van der Waals surface area (Å²) in [6.07, 6.45) is 1.90. The van der Waals surface area contributed by atoms with Crippen molar-refractivity contribution in [2.24, 2.45) is 0 Å². The maximum atomic E-state index is 14.4. The fourth-order valence-electron chi connectivity index (χ4n) is 3.49. The van der Waals surface area contributed by atoms with Crippen LogP contribution in [0.3, 0.4) is 0 Å². The van der Waals surface area contributed by atoms with Gasteiger partial charge in [0.25, 0.3) is 5.91 Å². The third-order valence-corrected chi connectivity index (χ3v) is 5.51. The summed E-state index contributed by atoms with van der Waals surface area (Å²) >= 11 is 5.66. The first-order valence-corrected chi connectivity index (χ1v) is 10.3. The van der Waals surface area contributed by atoms with Crippen LogP contribution in [0.25, 0.3) is 10.9 Å². The van der Waals surface area contributed by atoms with E-state index in [1.807, 2.05) is 7.05 Å². The van der Waals surface area contributed by atoms with Crippen LogP contribution in [0.2, 0.25) is 5.02 Å². The number of carbonyl (C=O) groups is 1. The highest BCUT2D eigenvalue weighted by Gasteiger charge is 2.24. The second-order valence-corrected chi connectivity index (χ2v) is 7.96. The number of ether oxygens (including phenoxy) is 1. The Bertz CT molecular complexity index is 1260. The third kappa shape index (κ3) is 4.86. The van der Waals surface area contributed by atoms with Crippen molar-refractivity contribution in [3.8, 4) is 5.75 Å². The Morgan fingerprint density at radius 2 is 2.06 bits per heavy atom. The molecule has 1 aromatic heterocycles. The molecule has 2 aromatic carbocycles. The van der Waals surface area contributed by atoms with E-state index in [4.69, 9.17) is 16.3 Å². The molecule has 3 aromatic rings. The van der Waals surface area contributed by atoms with Crippen molar-refractivity contribution >= 4 is 45.6 Å². The first-order valence-electron chi connectivity index (χ1n) is 9.93. The van der Waals surface area contributed by atoms with Gasteiger partial charge in [-0.1, -0.05) is 18.2 Å². The van der Waals surface area contributed by atoms with Gasteiger partial charge in [-0.05, 0) is 31.7 Å². The zero-order valence-electron chi connectivity index (χ0n) is 17.5. The van der Waals surface area contributed by atoms with Crippen molar-refractivity contribution in [2.45, 2.75) is 12.5 Å². The summed E-state index contributed by atoms with van der Waals surface area (Å²) < 4.78 is 47.4. The minimum Gasteiger partial charge on any atom is -0.487 e. The maximum absolute atomic E-state index is 14.4. The normalized spacial score (nSPS) is 16.1. The number of rotatable bonds is 6. The van der Waals surface area contributed by atoms with E-state index in [1.54, 1.807) is 6.07 Å². The summed E-state index contributed by atoms with van der Waals surface area (Å²) in [5.74, 6) is -3.65. The van der Waals surface area contributed by atoms with Crippen molar-refractivity contribution in [3.63, 3.8) is 0 Å². The van der Waals surface area contributed by atoms with Crippen LogP contribution in [0.1, 0.15) is 6.42 Å². The van der Waals surface area contributed by atoms with Gasteiger partial charge in [0.05, 0.1) is 16.9 Å². The quantitative estimate of drug-likeness (QED) is 0.392. The Morgan fingerprint density at radius 3 is 2.76 bits per heavy atom. The standard InChI is InChI=1S/C22H19ClF3N5O2/c1-11(24)22(32)30-17-7-13-16(8-18(17)33-12-5-6-31(2)9-12)27-10-28-21(13)29-15-4-3-14(25)19(23)20(15)26/h3-4,7-8,10,12H,1,5-6,9H2,2H3,(H,30,32)(H,27,28,29)/t12-/m0/s1. The van der Waals surface area contributed by atoms with Crippen molar-refractivity contribution in [1.82, 2.24) is 14.9 Å². The lowest BCUT2D eigenvalue weighted by Gasteiger charge is -2.18. The maximum Gasteiger partial charge on any atom is 0.283 e. The zero-order chi connectivity index (χ0) is 23.7. The van der Waals surface area contributed by atoms with E-state index in [2.05, 4.69) is 32.1 Å². The Morgan fingerprint density at radius 1 is 1.27 bits per heavy atom. The minimum atomic E-state index is -1.17. The lowest BCUT2D eigenvalue weighted by molar-refractivity contribution is -0.114. The number of nitrogens with zero attached hydrogens (tertiary/aromatic N) is 3. The van der Waals surface area contributed by atoms with Gasteiger partial charge in [-0.2, -0.15) is 0 Å². The van der Waals surface area contributed by atoms with Crippen molar-refractivity contribution in [1.29, 1.82) is 0 Å². The molecule has 1 saturated heterocycles. The number of aromatic nitrogens is 2. The van der Waals surface area contributed by atoms with Crippen LogP contribution in [-0.2, 0) is 4.79 Å². The third-order valence-electron chi connectivity index (χ3n) is 5.16. The van der Waals surface area contributed by atoms with Gasteiger partial charge in [-0.3, -0.25) is 4.79 Å². The Kier molecular flexibility index (Phi) is 6.39. The molecule has 1 aliphatic heterocycles. The molecule has 7 nitrogen and oxygen atoms in total. The summed E-state index contributed by atoms with van der Waals surface area (Å²) in [5, 5.41) is 4.89. The van der Waals surface area contributed by atoms with Crippen molar-refractivity contribution < 1.29 is 22.7 Å². The number of nitrogens with one attached hydrogen (secondary N) is 2. The predicted octanol–water partition coefficient (Wildman–Crippen LogP) is 4.81. The first kappa shape index (κ1) is 22.8. The Hall–Kier alpha value is -3.37. The molecule has 1 amide bonds. The highest BCUT2D eigenvalue weighted by molar-refractivity contribution is 6.31. The molecule has 0 radical (unpaired) electrons. The summed E-state index contributed by atoms with van der Waals surface area (Å²) in [5.41, 5.74) is 0.467. The fraction of sp³-hybridized carbons (Fsp3) is 0.227. The summed E-state index contributed by atoms with van der Waals surface area (Å²) in [6.45, 7) is 4.54. The largest absolute Gasteiger partial charge is 0.487 e. The van der Waals surface area contributed by atoms with E-state index >= 15 is 0 Å². The lowest BCUT2D eigenvalue weighted by Crippen LogP contribution is -2.22. The minimum absolute atomic E-state index is 0.113. The fourth-order valence-corrected chi connectivity index (χ4v) is 3.65. The second-order valence-electron chi connectivity index (χ2n) is 7.59. The molecule has 1 aliphatic rings. The number of fused-ring (bicyclic) bond motifs is 1. The van der Waals surface area contributed by atoms with Gasteiger partial charge in [0.1, 0.15) is 34.8 Å². The van der Waals surface area contributed by atoms with Crippen LogP contribution >= 0.6 is 11.6 Å². The molecular weight excluding hydrogens is 459 g/mol. The molecule has 172 valence electrons. The molecule has 4 rings (SSSR count). The summed E-state index contributed by atoms with van der Waals surface area (Å²) in [6, 6.07) is 5.25. The number of benzene rings is 2. The van der Waals surface area contributed by atoms with Gasteiger partial charge in [-0.25, -0.2) is 23.1 Å². The summed E-state index contributed by atoms with van der Waals surface area (Å²) in [4.78, 5) is 22.4. The van der Waals surface area contributed by atoms with Crippen molar-refractivity contribution in [3.05, 3.63) is 59.7 Å². The average Bonchev–Trinajstić information content (AvgIpc) is 3.19. The number of halogens is 4. The molecule has 0 unspecified atom stereocenters. The number of amides is 1. The number of carbonyl (C=O) groups excluding carboxylic acids is 1. The number of likely N-dealkylation sites (N-methyl/N-ethyl adjacent to an activating group) is 1. The Labute approximate surface area is 192 Å². The smallest absolute Gasteiger partial charge is 0.283 e. The first-order chi connectivity index (χ1) is 15.7. The van der Waals surface area contributed by atoms with Crippen LogP contribution in [0.5, 0.6) is 5.75 Å². The van der Waals surface area contributed by atoms with Crippen LogP contribution < -0.4 is 15.4 Å². The predicted molar refractivity (Wildman–Crippen MR) is 120 cm³/mol. The molecule has 0 aliphatic carbocycles. The van der Waals surface area contributed by atoms with E-state index in [0.717, 1.165) is 19.0 Å². The van der Waals surface area contributed by atoms with Gasteiger partial charge in [0.2, 0.25) is 0 Å². The zero-order valence-corrected chi connectivity index (χ0v) is 18.2. The number of hydrogen-bond donors (Lipinski definition) is 2. The molecule has 0 bridgehead atoms. The Balaban J connectivity index is 1.76. The molecule has 2 heterocycles. The molecule has 33 heavy (non-hydrogen) atoms. The number of likely N-dealkylation sites (tertiary alicyclic amines) is 1. The van der Waals surface area contributed by atoms with Gasteiger partial charge >= 0.3 is 0 Å². The van der Waals surface area contributed by atoms with Crippen LogP contribution in [-0.4, -0.2) is 47.0 Å². The monoisotopic (exact) mass is 477 g/mol. The van der Waals surface area contributed by atoms with E-state index in [1.165, 1.54) is 18.5 Å². The van der Waals surface area contributed by atoms with Gasteiger partial charge in [0, 0.05) is 24.5 Å². The second kappa shape index (κ2) is 9.24. The molecule has 1 fully saturated rings. The number of anilines is 3. The van der Waals surface area contributed by atoms with Crippen LogP contribution in [0.15, 0.2) is 43.0 Å². The topological polar surface area (TPSA) is 79.4 Å². The van der Waals surface area contributed by atoms with E-state index < -0.39 is 28.4 Å². The van der Waals surface area contributed by atoms with E-state index in [0.29, 0.717) is 17.4 Å². The molecule has 1 atom stereocenters. The average molecular weight is 478 g/mol. The number of hydrogen-bond acceptors (Lipinski definition) is 6. The van der Waals surface area contributed by atoms with E-state index in [9.17, 15) is 18.0 Å². The molecule has 11 heteroatoms. The highest BCUT2D eigenvalue weighted by atomic mass is 35.5. The van der Waals surface area contributed by atoms with Gasteiger partial charge < -0.3 is 20.3 Å². The molecular formula is C22H19ClF3N5O2. The van der Waals surface area contributed by atoms with Crippen LogP contribution in [0.4, 0.5) is 30.4 Å². The SMILES string of the molecule is C=C(F)C(=O)Nc1cc2c(Nc3ccc(F)c(Cl)c3F)ncnc2cc1O[C@H]1CCN(C)C1. The van der Waals surface area contributed by atoms with Crippen LogP contribution in [0, 0.1) is 11.6 Å².